The summed E-state index contributed by atoms with van der Waals surface area (Å²) in [5.41, 5.74) is 6.85. The van der Waals surface area contributed by atoms with Crippen molar-refractivity contribution in [3.63, 3.8) is 0 Å². The van der Waals surface area contributed by atoms with Gasteiger partial charge in [0.2, 0.25) is 5.95 Å². The molecule has 1 fully saturated rings. The van der Waals surface area contributed by atoms with Gasteiger partial charge in [-0.3, -0.25) is 4.68 Å². The molecule has 2 aromatic heterocycles. The maximum atomic E-state index is 15.9. The summed E-state index contributed by atoms with van der Waals surface area (Å²) in [5.74, 6) is -3.67. The molecule has 1 saturated heterocycles. The second kappa shape index (κ2) is 10.2. The largest absolute Gasteiger partial charge is 0.368 e. The molecule has 0 aliphatic carbocycles. The average molecular weight is 543 g/mol. The van der Waals surface area contributed by atoms with E-state index in [1.807, 2.05) is 7.05 Å². The predicted molar refractivity (Wildman–Crippen MR) is 136 cm³/mol. The first kappa shape index (κ1) is 25.9. The number of piperidine rings is 1. The van der Waals surface area contributed by atoms with Crippen LogP contribution in [0.4, 0.5) is 19.1 Å². The molecule has 4 aromatic rings. The van der Waals surface area contributed by atoms with Crippen LogP contribution in [0.3, 0.4) is 0 Å². The Labute approximate surface area is 217 Å². The monoisotopic (exact) mass is 542 g/mol. The summed E-state index contributed by atoms with van der Waals surface area (Å²) < 4.78 is 71.4. The Morgan fingerprint density at radius 2 is 1.82 bits per heavy atom. The standard InChI is InChI=1S/C26H25F3N6O2S/c1-34-11-8-18(9-12-34)35-14-20(22-7-10-31-26(30)32-22)25(33-35)19-4-2-3-16(24(19)29)15-38(36,37)23-13-17(27)5-6-21(23)28/h2-7,10,13-14,18H,8-9,11-12,15H2,1H3,(H2,30,31,32). The van der Waals surface area contributed by atoms with Gasteiger partial charge in [-0.15, -0.1) is 0 Å². The SMILES string of the molecule is CN1CCC(n2cc(-c3ccnc(N)n3)c(-c3cccc(CS(=O)(=O)c4cc(F)ccc4F)c3F)n2)CC1. The minimum absolute atomic E-state index is 0.0397. The third-order valence-corrected chi connectivity index (χ3v) is 8.33. The van der Waals surface area contributed by atoms with Crippen LogP contribution in [0, 0.1) is 17.5 Å². The maximum Gasteiger partial charge on any atom is 0.220 e. The van der Waals surface area contributed by atoms with E-state index in [1.165, 1.54) is 24.4 Å². The second-order valence-corrected chi connectivity index (χ2v) is 11.3. The van der Waals surface area contributed by atoms with Gasteiger partial charge in [-0.05, 0) is 63.3 Å². The quantitative estimate of drug-likeness (QED) is 0.388. The zero-order chi connectivity index (χ0) is 27.0. The number of hydrogen-bond acceptors (Lipinski definition) is 7. The summed E-state index contributed by atoms with van der Waals surface area (Å²) in [7, 11) is -2.35. The molecule has 2 aromatic carbocycles. The predicted octanol–water partition coefficient (Wildman–Crippen LogP) is 4.25. The van der Waals surface area contributed by atoms with Gasteiger partial charge in [0.1, 0.15) is 28.0 Å². The number of anilines is 1. The molecule has 1 aliphatic rings. The van der Waals surface area contributed by atoms with Gasteiger partial charge in [0.25, 0.3) is 0 Å². The summed E-state index contributed by atoms with van der Waals surface area (Å²) in [5, 5.41) is 4.72. The number of aromatic nitrogens is 4. The van der Waals surface area contributed by atoms with Crippen LogP contribution in [0.15, 0.2) is 59.8 Å². The van der Waals surface area contributed by atoms with Gasteiger partial charge in [0, 0.05) is 29.1 Å². The van der Waals surface area contributed by atoms with Crippen molar-refractivity contribution in [3.8, 4) is 22.5 Å². The minimum Gasteiger partial charge on any atom is -0.368 e. The molecule has 0 saturated carbocycles. The molecule has 1 aliphatic heterocycles. The number of nitrogens with zero attached hydrogens (tertiary/aromatic N) is 5. The Morgan fingerprint density at radius 1 is 1.05 bits per heavy atom. The maximum absolute atomic E-state index is 15.9. The highest BCUT2D eigenvalue weighted by Crippen LogP contribution is 2.36. The minimum atomic E-state index is -4.40. The van der Waals surface area contributed by atoms with E-state index in [4.69, 9.17) is 10.8 Å². The molecule has 8 nitrogen and oxygen atoms in total. The first-order valence-corrected chi connectivity index (χ1v) is 13.6. The molecule has 0 radical (unpaired) electrons. The highest BCUT2D eigenvalue weighted by atomic mass is 32.2. The molecule has 38 heavy (non-hydrogen) atoms. The molecule has 198 valence electrons. The molecule has 3 heterocycles. The van der Waals surface area contributed by atoms with Crippen LogP contribution in [0.1, 0.15) is 24.4 Å². The summed E-state index contributed by atoms with van der Waals surface area (Å²) in [6.45, 7) is 1.77. The van der Waals surface area contributed by atoms with Crippen molar-refractivity contribution < 1.29 is 21.6 Å². The third kappa shape index (κ3) is 5.14. The van der Waals surface area contributed by atoms with Crippen molar-refractivity contribution in [3.05, 3.63) is 77.9 Å². The fourth-order valence-corrected chi connectivity index (χ4v) is 6.07. The summed E-state index contributed by atoms with van der Waals surface area (Å²) in [6.07, 6.45) is 4.98. The Hall–Kier alpha value is -3.77. The van der Waals surface area contributed by atoms with E-state index in [9.17, 15) is 17.2 Å². The molecule has 0 bridgehead atoms. The van der Waals surface area contributed by atoms with E-state index in [0.29, 0.717) is 17.3 Å². The Kier molecular flexibility index (Phi) is 6.93. The summed E-state index contributed by atoms with van der Waals surface area (Å²) in [4.78, 5) is 9.59. The lowest BCUT2D eigenvalue weighted by molar-refractivity contribution is 0.212. The summed E-state index contributed by atoms with van der Waals surface area (Å²) in [6, 6.07) is 8.13. The van der Waals surface area contributed by atoms with Crippen molar-refractivity contribution in [1.29, 1.82) is 0 Å². The van der Waals surface area contributed by atoms with Gasteiger partial charge in [0.05, 0.1) is 17.5 Å². The van der Waals surface area contributed by atoms with Crippen molar-refractivity contribution in [2.75, 3.05) is 25.9 Å². The average Bonchev–Trinajstić information content (AvgIpc) is 3.32. The Morgan fingerprint density at radius 3 is 2.55 bits per heavy atom. The number of nitrogens with two attached hydrogens (primary N) is 1. The van der Waals surface area contributed by atoms with Crippen LogP contribution < -0.4 is 5.73 Å². The molecular weight excluding hydrogens is 517 g/mol. The number of nitrogen functional groups attached to an aromatic ring is 1. The topological polar surface area (TPSA) is 107 Å². The van der Waals surface area contributed by atoms with Crippen molar-refractivity contribution >= 4 is 15.8 Å². The molecule has 0 unspecified atom stereocenters. The van der Waals surface area contributed by atoms with Crippen LogP contribution >= 0.6 is 0 Å². The van der Waals surface area contributed by atoms with Gasteiger partial charge in [-0.1, -0.05) is 12.1 Å². The summed E-state index contributed by atoms with van der Waals surface area (Å²) >= 11 is 0. The Bertz CT molecular complexity index is 1600. The highest BCUT2D eigenvalue weighted by molar-refractivity contribution is 7.90. The van der Waals surface area contributed by atoms with Crippen LogP contribution in [-0.4, -0.2) is 53.2 Å². The number of rotatable bonds is 6. The lowest BCUT2D eigenvalue weighted by Crippen LogP contribution is -2.31. The van der Waals surface area contributed by atoms with Gasteiger partial charge in [-0.2, -0.15) is 5.10 Å². The smallest absolute Gasteiger partial charge is 0.220 e. The fourth-order valence-electron chi connectivity index (χ4n) is 4.62. The lowest BCUT2D eigenvalue weighted by atomic mass is 10.0. The van der Waals surface area contributed by atoms with Crippen LogP contribution in [0.5, 0.6) is 0 Å². The lowest BCUT2D eigenvalue weighted by Gasteiger charge is -2.29. The molecule has 0 spiro atoms. The number of sulfone groups is 1. The fraction of sp³-hybridized carbons (Fsp3) is 0.269. The van der Waals surface area contributed by atoms with E-state index < -0.39 is 37.9 Å². The normalized spacial score (nSPS) is 15.2. The first-order chi connectivity index (χ1) is 18.1. The van der Waals surface area contributed by atoms with Crippen LogP contribution in [0.2, 0.25) is 0 Å². The van der Waals surface area contributed by atoms with Crippen molar-refractivity contribution in [2.24, 2.45) is 0 Å². The Balaban J connectivity index is 1.58. The number of likely N-dealkylation sites (tertiary alicyclic amines) is 1. The van der Waals surface area contributed by atoms with E-state index in [1.54, 1.807) is 16.9 Å². The highest BCUT2D eigenvalue weighted by Gasteiger charge is 2.27. The van der Waals surface area contributed by atoms with Crippen molar-refractivity contribution in [1.82, 2.24) is 24.6 Å². The molecular formula is C26H25F3N6O2S. The van der Waals surface area contributed by atoms with E-state index in [-0.39, 0.29) is 28.8 Å². The zero-order valence-corrected chi connectivity index (χ0v) is 21.3. The second-order valence-electron chi connectivity index (χ2n) is 9.32. The van der Waals surface area contributed by atoms with Crippen LogP contribution in [-0.2, 0) is 15.6 Å². The van der Waals surface area contributed by atoms with E-state index in [2.05, 4.69) is 14.9 Å². The zero-order valence-electron chi connectivity index (χ0n) is 20.5. The van der Waals surface area contributed by atoms with Gasteiger partial charge >= 0.3 is 0 Å². The van der Waals surface area contributed by atoms with Gasteiger partial charge in [-0.25, -0.2) is 31.6 Å². The molecule has 0 atom stereocenters. The number of halogens is 3. The third-order valence-electron chi connectivity index (χ3n) is 6.65. The van der Waals surface area contributed by atoms with E-state index in [0.717, 1.165) is 38.1 Å². The number of benzene rings is 2. The van der Waals surface area contributed by atoms with Crippen LogP contribution in [0.25, 0.3) is 22.5 Å². The molecule has 5 rings (SSSR count). The molecule has 12 heteroatoms. The van der Waals surface area contributed by atoms with Crippen molar-refractivity contribution in [2.45, 2.75) is 29.5 Å². The first-order valence-electron chi connectivity index (χ1n) is 11.9. The number of hydrogen-bond donors (Lipinski definition) is 1. The molecule has 0 amide bonds. The van der Waals surface area contributed by atoms with Gasteiger partial charge in [0.15, 0.2) is 9.84 Å². The van der Waals surface area contributed by atoms with E-state index >= 15 is 4.39 Å². The molecule has 2 N–H and O–H groups in total. The van der Waals surface area contributed by atoms with Gasteiger partial charge < -0.3 is 10.6 Å².